The summed E-state index contributed by atoms with van der Waals surface area (Å²) in [4.78, 5) is 29.6. The number of likely N-dealkylation sites (tertiary alicyclic amines) is 1. The Labute approximate surface area is 228 Å². The molecule has 0 bridgehead atoms. The number of halogens is 1. The molecule has 1 aromatic rings. The lowest BCUT2D eigenvalue weighted by Crippen LogP contribution is -2.62. The molecule has 5 aliphatic rings. The summed E-state index contributed by atoms with van der Waals surface area (Å²) in [5, 5.41) is 35.8. The van der Waals surface area contributed by atoms with Crippen LogP contribution in [0.3, 0.4) is 0 Å². The molecule has 0 aromatic heterocycles. The molecular weight excluding hydrogens is 503 g/mol. The third-order valence-corrected chi connectivity index (χ3v) is 11.7. The van der Waals surface area contributed by atoms with Crippen molar-refractivity contribution in [2.45, 2.75) is 63.7 Å². The van der Waals surface area contributed by atoms with Gasteiger partial charge in [-0.1, -0.05) is 26.0 Å². The number of likely N-dealkylation sites (N-methyl/N-ethyl adjacent to an activating group) is 1. The topological polar surface area (TPSA) is 119 Å². The van der Waals surface area contributed by atoms with Crippen molar-refractivity contribution < 1.29 is 34.0 Å². The lowest BCUT2D eigenvalue weighted by Gasteiger charge is -2.60. The molecule has 2 spiro atoms. The highest BCUT2D eigenvalue weighted by Gasteiger charge is 2.79. The number of benzene rings is 1. The van der Waals surface area contributed by atoms with Gasteiger partial charge in [-0.3, -0.25) is 14.5 Å². The van der Waals surface area contributed by atoms with Gasteiger partial charge in [0.2, 0.25) is 0 Å². The van der Waals surface area contributed by atoms with Gasteiger partial charge in [0.25, 0.3) is 5.91 Å². The molecule has 39 heavy (non-hydrogen) atoms. The minimum Gasteiger partial charge on any atom is -0.462 e. The van der Waals surface area contributed by atoms with E-state index in [1.165, 1.54) is 18.2 Å². The minimum atomic E-state index is -1.64. The molecular formula is C30H39FN2O6. The number of carbonyl (C=O) groups excluding carboxylic acids is 2. The second kappa shape index (κ2) is 8.59. The highest BCUT2D eigenvalue weighted by atomic mass is 19.1. The summed E-state index contributed by atoms with van der Waals surface area (Å²) in [5.41, 5.74) is -2.41. The molecule has 3 aliphatic heterocycles. The van der Waals surface area contributed by atoms with Crippen molar-refractivity contribution in [3.63, 3.8) is 0 Å². The molecule has 6 rings (SSSR count). The predicted molar refractivity (Wildman–Crippen MR) is 141 cm³/mol. The van der Waals surface area contributed by atoms with E-state index < -0.39 is 52.2 Å². The van der Waals surface area contributed by atoms with E-state index in [1.807, 2.05) is 6.92 Å². The standard InChI is InChI=1S/C30H39FN2O6/c1-16-5-8-22-27(2,10-9-23(35)28(22,3)15-34)19(16)11-17-13-33(4)30(29(17)24(36)14-39-26(29)38)20-12-18(31)6-7-21(20)32-25(30)37/h6-7,12,17,19,22-24,34-36H,1,5,8-11,13-15H2,2-4H3,(H,32,37)/t17?,19-,22+,23-,24-,27+,28+,29-,30+/m1/s1. The highest BCUT2D eigenvalue weighted by molar-refractivity contribution is 6.10. The number of amides is 1. The molecule has 4 N–H and O–H groups in total. The number of esters is 1. The quantitative estimate of drug-likeness (QED) is 0.342. The van der Waals surface area contributed by atoms with E-state index in [1.54, 1.807) is 11.9 Å². The van der Waals surface area contributed by atoms with Crippen LogP contribution in [0, 0.1) is 39.8 Å². The Morgan fingerprint density at radius 1 is 1.21 bits per heavy atom. The first-order chi connectivity index (χ1) is 18.4. The molecule has 1 unspecified atom stereocenters. The number of fused-ring (bicyclic) bond motifs is 4. The maximum Gasteiger partial charge on any atom is 0.318 e. The summed E-state index contributed by atoms with van der Waals surface area (Å²) < 4.78 is 20.1. The molecule has 2 saturated heterocycles. The summed E-state index contributed by atoms with van der Waals surface area (Å²) in [5.74, 6) is -2.17. The monoisotopic (exact) mass is 542 g/mol. The minimum absolute atomic E-state index is 0.0309. The van der Waals surface area contributed by atoms with Gasteiger partial charge >= 0.3 is 5.97 Å². The molecule has 1 aromatic carbocycles. The van der Waals surface area contributed by atoms with Crippen molar-refractivity contribution in [1.29, 1.82) is 0 Å². The molecule has 9 heteroatoms. The van der Waals surface area contributed by atoms with E-state index in [-0.39, 0.29) is 30.5 Å². The van der Waals surface area contributed by atoms with Crippen LogP contribution in [0.15, 0.2) is 30.4 Å². The van der Waals surface area contributed by atoms with Crippen molar-refractivity contribution in [3.8, 4) is 0 Å². The first kappa shape index (κ1) is 26.9. The largest absolute Gasteiger partial charge is 0.462 e. The number of nitrogens with zero attached hydrogens (tertiary/aromatic N) is 1. The molecule has 0 radical (unpaired) electrons. The SMILES string of the molecule is C=C1CC[C@@H]2[C@](C)(CO)[C@H](O)CC[C@@]2(C)[C@@H]1CC1CN(C)[C@@]2(C(=O)Nc3ccc(F)cc32)[C@]12C(=O)OC[C@H]2O. The average Bonchev–Trinajstić information content (AvgIpc) is 3.46. The molecule has 1 amide bonds. The third kappa shape index (κ3) is 3.08. The summed E-state index contributed by atoms with van der Waals surface area (Å²) >= 11 is 0. The number of hydrogen-bond donors (Lipinski definition) is 4. The van der Waals surface area contributed by atoms with E-state index in [0.717, 1.165) is 24.8 Å². The number of anilines is 1. The van der Waals surface area contributed by atoms with E-state index in [4.69, 9.17) is 4.74 Å². The van der Waals surface area contributed by atoms with Gasteiger partial charge in [-0.25, -0.2) is 4.39 Å². The van der Waals surface area contributed by atoms with Crippen LogP contribution in [-0.4, -0.2) is 71.1 Å². The van der Waals surface area contributed by atoms with E-state index >= 15 is 0 Å². The average molecular weight is 543 g/mol. The van der Waals surface area contributed by atoms with Gasteiger partial charge in [-0.2, -0.15) is 0 Å². The van der Waals surface area contributed by atoms with Crippen LogP contribution < -0.4 is 5.32 Å². The summed E-state index contributed by atoms with van der Waals surface area (Å²) in [6, 6.07) is 4.05. The van der Waals surface area contributed by atoms with Gasteiger partial charge in [0, 0.05) is 23.2 Å². The number of aliphatic hydroxyl groups excluding tert-OH is 3. The number of cyclic esters (lactones) is 1. The van der Waals surface area contributed by atoms with Gasteiger partial charge in [0.1, 0.15) is 29.5 Å². The molecule has 212 valence electrons. The summed E-state index contributed by atoms with van der Waals surface area (Å²) in [7, 11) is 1.75. The summed E-state index contributed by atoms with van der Waals surface area (Å²) in [6.07, 6.45) is 1.42. The van der Waals surface area contributed by atoms with Crippen LogP contribution in [-0.2, 0) is 19.9 Å². The van der Waals surface area contributed by atoms with Gasteiger partial charge in [0.05, 0.1) is 12.7 Å². The van der Waals surface area contributed by atoms with Crippen LogP contribution in [0.4, 0.5) is 10.1 Å². The van der Waals surface area contributed by atoms with Crippen LogP contribution in [0.1, 0.15) is 51.5 Å². The number of rotatable bonds is 3. The number of hydrogen-bond acceptors (Lipinski definition) is 7. The molecule has 9 atom stereocenters. The Morgan fingerprint density at radius 3 is 2.62 bits per heavy atom. The fourth-order valence-corrected chi connectivity index (χ4v) is 9.82. The first-order valence-electron chi connectivity index (χ1n) is 14.0. The lowest BCUT2D eigenvalue weighted by molar-refractivity contribution is -0.165. The Balaban J connectivity index is 1.48. The van der Waals surface area contributed by atoms with Gasteiger partial charge < -0.3 is 25.4 Å². The third-order valence-electron chi connectivity index (χ3n) is 11.7. The maximum absolute atomic E-state index is 14.6. The normalized spacial score (nSPS) is 45.5. The van der Waals surface area contributed by atoms with E-state index in [0.29, 0.717) is 30.6 Å². The Kier molecular flexibility index (Phi) is 5.91. The van der Waals surface area contributed by atoms with Crippen molar-refractivity contribution in [2.75, 3.05) is 32.1 Å². The predicted octanol–water partition coefficient (Wildman–Crippen LogP) is 2.57. The highest BCUT2D eigenvalue weighted by Crippen LogP contribution is 2.67. The van der Waals surface area contributed by atoms with Gasteiger partial charge in [-0.05, 0) is 80.5 Å². The van der Waals surface area contributed by atoms with Crippen LogP contribution in [0.25, 0.3) is 0 Å². The lowest BCUT2D eigenvalue weighted by atomic mass is 9.45. The zero-order chi connectivity index (χ0) is 28.1. The Hall–Kier alpha value is -2.33. The zero-order valence-electron chi connectivity index (χ0n) is 22.9. The van der Waals surface area contributed by atoms with Crippen LogP contribution >= 0.6 is 0 Å². The van der Waals surface area contributed by atoms with Crippen molar-refractivity contribution in [3.05, 3.63) is 41.7 Å². The zero-order valence-corrected chi connectivity index (χ0v) is 22.9. The maximum atomic E-state index is 14.6. The molecule has 2 aliphatic carbocycles. The number of carbonyl (C=O) groups is 2. The van der Waals surface area contributed by atoms with Gasteiger partial charge in [-0.15, -0.1) is 0 Å². The Bertz CT molecular complexity index is 1260. The second-order valence-corrected chi connectivity index (χ2v) is 13.2. The van der Waals surface area contributed by atoms with Crippen molar-refractivity contribution in [2.24, 2.45) is 34.0 Å². The number of ether oxygens (including phenoxy) is 1. The number of allylic oxidation sites excluding steroid dienone is 1. The summed E-state index contributed by atoms with van der Waals surface area (Å²) in [6.45, 7) is 8.56. The van der Waals surface area contributed by atoms with Crippen molar-refractivity contribution in [1.82, 2.24) is 4.90 Å². The van der Waals surface area contributed by atoms with Crippen LogP contribution in [0.5, 0.6) is 0 Å². The van der Waals surface area contributed by atoms with E-state index in [2.05, 4.69) is 18.8 Å². The number of aliphatic hydroxyl groups is 3. The smallest absolute Gasteiger partial charge is 0.318 e. The van der Waals surface area contributed by atoms with Crippen molar-refractivity contribution >= 4 is 17.6 Å². The molecule has 8 nitrogen and oxygen atoms in total. The fourth-order valence-electron chi connectivity index (χ4n) is 9.82. The van der Waals surface area contributed by atoms with E-state index in [9.17, 15) is 29.3 Å². The van der Waals surface area contributed by atoms with Crippen LogP contribution in [0.2, 0.25) is 0 Å². The fraction of sp³-hybridized carbons (Fsp3) is 0.667. The Morgan fingerprint density at radius 2 is 1.95 bits per heavy atom. The van der Waals surface area contributed by atoms with Gasteiger partial charge in [0.15, 0.2) is 0 Å². The molecule has 2 saturated carbocycles. The number of nitrogens with one attached hydrogen (secondary N) is 1. The molecule has 4 fully saturated rings. The molecule has 3 heterocycles. The second-order valence-electron chi connectivity index (χ2n) is 13.2. The first-order valence-corrected chi connectivity index (χ1v) is 14.0.